The average Bonchev–Trinajstić information content (AvgIpc) is 3.19. The monoisotopic (exact) mass is 698 g/mol. The number of benzene rings is 2. The van der Waals surface area contributed by atoms with Crippen molar-refractivity contribution >= 4 is 39.2 Å². The van der Waals surface area contributed by atoms with Crippen molar-refractivity contribution in [1.82, 2.24) is 4.72 Å². The minimum absolute atomic E-state index is 0.215. The lowest BCUT2D eigenvalue weighted by Gasteiger charge is -2.44. The SMILES string of the molecule is CCOC(=O)[C@H](OC)[C@@H]1/C=C/[C@@H]2CC[C@H]2CN2C[C@@]3(CCCc4cc(Cl)ccc43)COc3ccc(cc32)C(=O)NS(=O)(=O)[C@H](C)[C@@H](C)C1. The van der Waals surface area contributed by atoms with E-state index >= 15 is 0 Å². The van der Waals surface area contributed by atoms with Crippen molar-refractivity contribution < 1.29 is 32.2 Å². The van der Waals surface area contributed by atoms with Crippen LogP contribution in [0.5, 0.6) is 5.75 Å². The van der Waals surface area contributed by atoms with E-state index in [-0.39, 0.29) is 23.5 Å². The van der Waals surface area contributed by atoms with E-state index in [0.29, 0.717) is 31.2 Å². The highest BCUT2D eigenvalue weighted by molar-refractivity contribution is 7.90. The Kier molecular flexibility index (Phi) is 10.2. The summed E-state index contributed by atoms with van der Waals surface area (Å²) in [5.74, 6) is -0.680. The molecule has 1 saturated carbocycles. The summed E-state index contributed by atoms with van der Waals surface area (Å²) in [6.07, 6.45) is 8.69. The van der Waals surface area contributed by atoms with Gasteiger partial charge < -0.3 is 19.1 Å². The van der Waals surface area contributed by atoms with Gasteiger partial charge in [-0.3, -0.25) is 4.79 Å². The predicted molar refractivity (Wildman–Crippen MR) is 186 cm³/mol. The number of hydrogen-bond acceptors (Lipinski definition) is 8. The molecule has 1 N–H and O–H groups in total. The number of carbonyl (C=O) groups excluding carboxylic acids is 2. The molecule has 2 heterocycles. The number of anilines is 1. The molecule has 1 spiro atoms. The fourth-order valence-electron chi connectivity index (χ4n) is 8.08. The number of nitrogens with zero attached hydrogens (tertiary/aromatic N) is 1. The molecular weight excluding hydrogens is 652 g/mol. The quantitative estimate of drug-likeness (QED) is 0.302. The van der Waals surface area contributed by atoms with Gasteiger partial charge in [0.15, 0.2) is 6.10 Å². The summed E-state index contributed by atoms with van der Waals surface area (Å²) in [6.45, 7) is 7.31. The lowest BCUT2D eigenvalue weighted by atomic mass is 9.69. The van der Waals surface area contributed by atoms with Crippen LogP contribution in [-0.4, -0.2) is 65.1 Å². The molecule has 0 unspecified atom stereocenters. The number of allylic oxidation sites excluding steroid dienone is 1. The number of sulfonamides is 1. The number of methoxy groups -OCH3 is 1. The zero-order valence-corrected chi connectivity index (χ0v) is 29.8. The molecule has 2 aromatic carbocycles. The Morgan fingerprint density at radius 2 is 1.98 bits per heavy atom. The number of halogens is 1. The van der Waals surface area contributed by atoms with Gasteiger partial charge in [0.2, 0.25) is 10.0 Å². The summed E-state index contributed by atoms with van der Waals surface area (Å²) in [4.78, 5) is 28.9. The Bertz CT molecular complexity index is 1680. The number of rotatable bonds is 4. The number of esters is 1. The maximum absolute atomic E-state index is 13.6. The standard InChI is InChI=1S/C37H47ClN2O7S/c1-5-46-36(42)34(45-4)27-10-8-25-9-11-29(25)20-40-21-37(16-6-7-26-18-30(38)13-14-31(26)37)22-47-33-15-12-28(19-32(33)40)35(41)39-48(43,44)24(3)23(2)17-27/h8,10,12-15,18-19,23-25,27,29,34H,5-7,9,11,16-17,20-22H2,1-4H3,(H,39,41)/b10-8+/t23-,24+,25+,27+,29-,34+,37-/m0/s1. The maximum atomic E-state index is 13.6. The van der Waals surface area contributed by atoms with Crippen molar-refractivity contribution in [3.63, 3.8) is 0 Å². The van der Waals surface area contributed by atoms with Crippen LogP contribution in [0.25, 0.3) is 0 Å². The molecule has 6 rings (SSSR count). The molecule has 2 bridgehead atoms. The van der Waals surface area contributed by atoms with Gasteiger partial charge in [0.05, 0.1) is 24.2 Å². The maximum Gasteiger partial charge on any atom is 0.335 e. The Labute approximate surface area is 289 Å². The topological polar surface area (TPSA) is 111 Å². The summed E-state index contributed by atoms with van der Waals surface area (Å²) < 4.78 is 47.1. The van der Waals surface area contributed by atoms with E-state index in [9.17, 15) is 18.0 Å². The van der Waals surface area contributed by atoms with Crippen LogP contribution in [0.3, 0.4) is 0 Å². The van der Waals surface area contributed by atoms with E-state index < -0.39 is 45.1 Å². The summed E-state index contributed by atoms with van der Waals surface area (Å²) in [6, 6.07) is 11.4. The Balaban J connectivity index is 1.41. The number of fused-ring (bicyclic) bond motifs is 4. The largest absolute Gasteiger partial charge is 0.490 e. The number of amides is 1. The second kappa shape index (κ2) is 14.0. The molecule has 11 heteroatoms. The van der Waals surface area contributed by atoms with Gasteiger partial charge >= 0.3 is 5.97 Å². The summed E-state index contributed by atoms with van der Waals surface area (Å²) in [7, 11) is -2.59. The number of nitrogens with one attached hydrogen (secondary N) is 1. The third-order valence-electron chi connectivity index (χ3n) is 11.2. The second-order valence-corrected chi connectivity index (χ2v) is 16.6. The molecule has 2 aromatic rings. The van der Waals surface area contributed by atoms with Crippen molar-refractivity contribution in [2.45, 2.75) is 76.1 Å². The van der Waals surface area contributed by atoms with Gasteiger partial charge in [-0.05, 0) is 112 Å². The van der Waals surface area contributed by atoms with Crippen LogP contribution in [0, 0.1) is 23.7 Å². The van der Waals surface area contributed by atoms with Crippen LogP contribution in [0.2, 0.25) is 5.02 Å². The Morgan fingerprint density at radius 3 is 2.71 bits per heavy atom. The van der Waals surface area contributed by atoms with Crippen LogP contribution >= 0.6 is 11.6 Å². The molecule has 2 aliphatic carbocycles. The zero-order valence-electron chi connectivity index (χ0n) is 28.2. The smallest absolute Gasteiger partial charge is 0.335 e. The zero-order chi connectivity index (χ0) is 34.2. The number of aryl methyl sites for hydroxylation is 1. The van der Waals surface area contributed by atoms with E-state index in [0.717, 1.165) is 49.4 Å². The molecule has 2 aliphatic heterocycles. The lowest BCUT2D eigenvalue weighted by Crippen LogP contribution is -2.48. The van der Waals surface area contributed by atoms with E-state index in [1.54, 1.807) is 32.0 Å². The van der Waals surface area contributed by atoms with Crippen molar-refractivity contribution in [3.05, 3.63) is 70.3 Å². The lowest BCUT2D eigenvalue weighted by molar-refractivity contribution is -0.157. The van der Waals surface area contributed by atoms with E-state index in [1.165, 1.54) is 18.2 Å². The van der Waals surface area contributed by atoms with Gasteiger partial charge in [-0.25, -0.2) is 17.9 Å². The predicted octanol–water partition coefficient (Wildman–Crippen LogP) is 6.08. The molecule has 0 radical (unpaired) electrons. The van der Waals surface area contributed by atoms with E-state index in [1.807, 2.05) is 19.1 Å². The van der Waals surface area contributed by atoms with E-state index in [4.69, 9.17) is 25.8 Å². The first-order valence-corrected chi connectivity index (χ1v) is 19.1. The van der Waals surface area contributed by atoms with Crippen LogP contribution < -0.4 is 14.4 Å². The van der Waals surface area contributed by atoms with Crippen molar-refractivity contribution in [3.8, 4) is 5.75 Å². The van der Waals surface area contributed by atoms with Crippen molar-refractivity contribution in [2.75, 3.05) is 38.3 Å². The first kappa shape index (κ1) is 34.8. The second-order valence-electron chi connectivity index (χ2n) is 14.1. The first-order valence-electron chi connectivity index (χ1n) is 17.2. The summed E-state index contributed by atoms with van der Waals surface area (Å²) >= 11 is 6.42. The molecule has 0 aromatic heterocycles. The molecule has 260 valence electrons. The minimum Gasteiger partial charge on any atom is -0.490 e. The molecule has 1 fully saturated rings. The van der Waals surface area contributed by atoms with Crippen molar-refractivity contribution in [1.29, 1.82) is 0 Å². The average molecular weight is 699 g/mol. The fraction of sp³-hybridized carbons (Fsp3) is 0.568. The normalized spacial score (nSPS) is 31.1. The minimum atomic E-state index is -4.07. The molecule has 7 atom stereocenters. The molecule has 4 aliphatic rings. The molecular formula is C37H47ClN2O7S. The molecule has 0 saturated heterocycles. The Morgan fingerprint density at radius 1 is 1.17 bits per heavy atom. The van der Waals surface area contributed by atoms with Gasteiger partial charge in [0.1, 0.15) is 5.75 Å². The van der Waals surface area contributed by atoms with Crippen LogP contribution in [-0.2, 0) is 36.1 Å². The van der Waals surface area contributed by atoms with Crippen LogP contribution in [0.15, 0.2) is 48.6 Å². The molecule has 1 amide bonds. The molecule has 48 heavy (non-hydrogen) atoms. The highest BCUT2D eigenvalue weighted by atomic mass is 35.5. The van der Waals surface area contributed by atoms with Gasteiger partial charge in [-0.2, -0.15) is 0 Å². The van der Waals surface area contributed by atoms with Gasteiger partial charge in [-0.15, -0.1) is 0 Å². The van der Waals surface area contributed by atoms with Crippen LogP contribution in [0.1, 0.15) is 74.4 Å². The third-order valence-corrected chi connectivity index (χ3v) is 13.3. The highest BCUT2D eigenvalue weighted by Gasteiger charge is 2.44. The number of hydrogen-bond donors (Lipinski definition) is 1. The fourth-order valence-corrected chi connectivity index (χ4v) is 9.56. The van der Waals surface area contributed by atoms with Crippen molar-refractivity contribution in [2.24, 2.45) is 23.7 Å². The number of carbonyl (C=O) groups is 2. The summed E-state index contributed by atoms with van der Waals surface area (Å²) in [5, 5.41) is -0.189. The van der Waals surface area contributed by atoms with E-state index in [2.05, 4.69) is 27.8 Å². The highest BCUT2D eigenvalue weighted by Crippen LogP contribution is 2.46. The molecule has 9 nitrogen and oxygen atoms in total. The number of ether oxygens (including phenoxy) is 3. The van der Waals surface area contributed by atoms with Gasteiger partial charge in [-0.1, -0.05) is 36.7 Å². The van der Waals surface area contributed by atoms with Gasteiger partial charge in [0.25, 0.3) is 5.91 Å². The van der Waals surface area contributed by atoms with Crippen LogP contribution in [0.4, 0.5) is 5.69 Å². The summed E-state index contributed by atoms with van der Waals surface area (Å²) in [5.41, 5.74) is 3.27. The van der Waals surface area contributed by atoms with Gasteiger partial charge in [0, 0.05) is 42.1 Å². The third kappa shape index (κ3) is 6.85. The first-order chi connectivity index (χ1) is 22.9. The Hall–Kier alpha value is -3.08.